The molecule has 0 saturated heterocycles. The van der Waals surface area contributed by atoms with Crippen LogP contribution in [0, 0.1) is 0 Å². The van der Waals surface area contributed by atoms with Crippen molar-refractivity contribution in [3.63, 3.8) is 0 Å². The molecule has 0 spiro atoms. The van der Waals surface area contributed by atoms with Crippen LogP contribution in [0.5, 0.6) is 0 Å². The summed E-state index contributed by atoms with van der Waals surface area (Å²) in [6.07, 6.45) is 0. The molecule has 0 amide bonds. The van der Waals surface area contributed by atoms with E-state index in [0.717, 1.165) is 44.0 Å². The predicted molar refractivity (Wildman–Crippen MR) is 270 cm³/mol. The Balaban J connectivity index is 0.000000157. The van der Waals surface area contributed by atoms with Crippen molar-refractivity contribution in [1.29, 1.82) is 0 Å². The highest BCUT2D eigenvalue weighted by Gasteiger charge is 2.15. The predicted octanol–water partition coefficient (Wildman–Crippen LogP) is 15.3. The van der Waals surface area contributed by atoms with E-state index in [2.05, 4.69) is 211 Å². The third kappa shape index (κ3) is 8.94. The molecule has 0 saturated carbocycles. The Hall–Kier alpha value is -7.92. The molecule has 304 valence electrons. The van der Waals surface area contributed by atoms with E-state index in [1.807, 2.05) is 24.3 Å². The van der Waals surface area contributed by atoms with Gasteiger partial charge in [0.1, 0.15) is 11.2 Å². The molecule has 63 heavy (non-hydrogen) atoms. The molecule has 4 heteroatoms. The Morgan fingerprint density at radius 2 is 0.810 bits per heavy atom. The van der Waals surface area contributed by atoms with E-state index in [9.17, 15) is 0 Å². The van der Waals surface area contributed by atoms with Crippen LogP contribution in [0.15, 0.2) is 227 Å². The van der Waals surface area contributed by atoms with Gasteiger partial charge in [-0.05, 0) is 121 Å². The number of aliphatic imine (C=N–C) groups is 2. The molecule has 0 bridgehead atoms. The van der Waals surface area contributed by atoms with Crippen molar-refractivity contribution in [1.82, 2.24) is 0 Å². The van der Waals surface area contributed by atoms with Gasteiger partial charge in [0.2, 0.25) is 0 Å². The lowest BCUT2D eigenvalue weighted by Crippen LogP contribution is -1.95. The number of furan rings is 1. The van der Waals surface area contributed by atoms with Gasteiger partial charge < -0.3 is 10.2 Å². The second-order valence-electron chi connectivity index (χ2n) is 15.6. The maximum atomic E-state index is 6.59. The fourth-order valence-corrected chi connectivity index (χ4v) is 8.31. The summed E-state index contributed by atoms with van der Waals surface area (Å²) in [5, 5.41) is 9.71. The summed E-state index contributed by atoms with van der Waals surface area (Å²) in [4.78, 5) is 7.73. The second kappa shape index (κ2) is 18.8. The fraction of sp³-hybridized carbons (Fsp3) is 0.0508. The van der Waals surface area contributed by atoms with Gasteiger partial charge in [-0.1, -0.05) is 176 Å². The molecule has 0 atom stereocenters. The molecule has 4 nitrogen and oxygen atoms in total. The average molecular weight is 814 g/mol. The monoisotopic (exact) mass is 813 g/mol. The topological polar surface area (TPSA) is 63.9 Å². The maximum absolute atomic E-state index is 6.59. The van der Waals surface area contributed by atoms with Crippen molar-refractivity contribution in [2.45, 2.75) is 19.6 Å². The van der Waals surface area contributed by atoms with Crippen LogP contribution in [0.2, 0.25) is 0 Å². The molecule has 1 heterocycles. The first-order valence-electron chi connectivity index (χ1n) is 21.2. The highest BCUT2D eigenvalue weighted by Crippen LogP contribution is 2.39. The van der Waals surface area contributed by atoms with Crippen LogP contribution >= 0.6 is 0 Å². The molecule has 0 radical (unpaired) electrons. The SMILES string of the molecule is C=NCc1ccc2ccccc2c1.C=NCc1ccc2ccccc2c1.NCc1cccc(-c2cccc(-c3cccc(-c4cccc5c4oc4c6ccccc6ccc54)c3)c2)c1. The highest BCUT2D eigenvalue weighted by molar-refractivity contribution is 6.17. The molecule has 2 N–H and O–H groups in total. The van der Waals surface area contributed by atoms with Gasteiger partial charge in [-0.2, -0.15) is 0 Å². The number of nitrogens with zero attached hydrogens (tertiary/aromatic N) is 2. The number of para-hydroxylation sites is 1. The van der Waals surface area contributed by atoms with Crippen molar-refractivity contribution in [3.8, 4) is 33.4 Å². The lowest BCUT2D eigenvalue weighted by molar-refractivity contribution is 0.674. The Morgan fingerprint density at radius 1 is 0.349 bits per heavy atom. The van der Waals surface area contributed by atoms with E-state index < -0.39 is 0 Å². The Morgan fingerprint density at radius 3 is 1.41 bits per heavy atom. The minimum atomic E-state index is 0.540. The summed E-state index contributed by atoms with van der Waals surface area (Å²) in [5.74, 6) is 0. The lowest BCUT2D eigenvalue weighted by Gasteiger charge is -2.09. The smallest absolute Gasteiger partial charge is 0.143 e. The van der Waals surface area contributed by atoms with Gasteiger partial charge in [0, 0.05) is 28.3 Å². The normalized spacial score (nSPS) is 10.9. The van der Waals surface area contributed by atoms with Crippen LogP contribution in [-0.2, 0) is 19.6 Å². The first kappa shape index (κ1) is 40.5. The number of hydrogen-bond donors (Lipinski definition) is 1. The molecular weight excluding hydrogens is 767 g/mol. The molecule has 1 aromatic heterocycles. The van der Waals surface area contributed by atoms with Gasteiger partial charge in [0.15, 0.2) is 0 Å². The van der Waals surface area contributed by atoms with Crippen molar-refractivity contribution in [2.24, 2.45) is 15.7 Å². The van der Waals surface area contributed by atoms with Crippen LogP contribution in [-0.4, -0.2) is 13.4 Å². The summed E-state index contributed by atoms with van der Waals surface area (Å²) in [7, 11) is 0. The van der Waals surface area contributed by atoms with Gasteiger partial charge in [-0.3, -0.25) is 9.98 Å². The van der Waals surface area contributed by atoms with Crippen molar-refractivity contribution >= 4 is 67.7 Å². The quantitative estimate of drug-likeness (QED) is 0.155. The third-order valence-corrected chi connectivity index (χ3v) is 11.5. The zero-order valence-corrected chi connectivity index (χ0v) is 35.1. The van der Waals surface area contributed by atoms with Crippen LogP contribution < -0.4 is 5.73 Å². The summed E-state index contributed by atoms with van der Waals surface area (Å²) in [6.45, 7) is 8.91. The number of rotatable bonds is 8. The van der Waals surface area contributed by atoms with E-state index in [1.165, 1.54) is 60.3 Å². The summed E-state index contributed by atoms with van der Waals surface area (Å²) in [5.41, 5.74) is 18.3. The molecule has 0 aliphatic carbocycles. The number of hydrogen-bond acceptors (Lipinski definition) is 4. The van der Waals surface area contributed by atoms with Crippen LogP contribution in [0.3, 0.4) is 0 Å². The lowest BCUT2D eigenvalue weighted by atomic mass is 9.95. The van der Waals surface area contributed by atoms with Crippen LogP contribution in [0.25, 0.3) is 87.6 Å². The first-order chi connectivity index (χ1) is 31.1. The van der Waals surface area contributed by atoms with E-state index in [4.69, 9.17) is 10.2 Å². The Labute approximate surface area is 368 Å². The summed E-state index contributed by atoms with van der Waals surface area (Å²) in [6, 6.07) is 74.5. The zero-order chi connectivity index (χ0) is 43.0. The van der Waals surface area contributed by atoms with Gasteiger partial charge >= 0.3 is 0 Å². The van der Waals surface area contributed by atoms with Crippen LogP contribution in [0.1, 0.15) is 16.7 Å². The molecule has 0 unspecified atom stereocenters. The van der Waals surface area contributed by atoms with E-state index in [1.54, 1.807) is 0 Å². The van der Waals surface area contributed by atoms with E-state index in [0.29, 0.717) is 19.6 Å². The summed E-state index contributed by atoms with van der Waals surface area (Å²) >= 11 is 0. The van der Waals surface area contributed by atoms with E-state index in [-0.39, 0.29) is 0 Å². The fourth-order valence-electron chi connectivity index (χ4n) is 8.31. The number of nitrogens with two attached hydrogens (primary N) is 1. The molecule has 0 fully saturated rings. The molecular formula is C59H47N3O. The number of fused-ring (bicyclic) bond motifs is 7. The van der Waals surface area contributed by atoms with Crippen molar-refractivity contribution in [3.05, 3.63) is 229 Å². The molecule has 0 aliphatic rings. The van der Waals surface area contributed by atoms with Gasteiger partial charge in [0.25, 0.3) is 0 Å². The van der Waals surface area contributed by atoms with Gasteiger partial charge in [0.05, 0.1) is 13.1 Å². The molecule has 0 aliphatic heterocycles. The van der Waals surface area contributed by atoms with Crippen molar-refractivity contribution in [2.75, 3.05) is 0 Å². The Bertz CT molecular complexity index is 3310. The third-order valence-electron chi connectivity index (χ3n) is 11.5. The van der Waals surface area contributed by atoms with Crippen LogP contribution in [0.4, 0.5) is 0 Å². The van der Waals surface area contributed by atoms with Gasteiger partial charge in [-0.15, -0.1) is 0 Å². The summed E-state index contributed by atoms with van der Waals surface area (Å²) < 4.78 is 6.59. The minimum Gasteiger partial charge on any atom is -0.455 e. The molecule has 11 aromatic rings. The van der Waals surface area contributed by atoms with Crippen molar-refractivity contribution < 1.29 is 4.42 Å². The first-order valence-corrected chi connectivity index (χ1v) is 21.2. The standard InChI is InChI=1S/C35H25NO.2C12H11N/c36-22-23-7-3-9-25(19-23)26-10-4-11-27(20-26)28-12-5-13-29(21-28)31-15-6-16-32-33-18-17-24-8-1-2-14-30(24)34(33)37-35(31)32;2*1-13-9-10-6-7-11-4-2-3-5-12(11)8-10/h1-21H,22,36H2;2*2-8H,1,9H2. The molecule has 11 rings (SSSR count). The Kier molecular flexibility index (Phi) is 12.1. The largest absolute Gasteiger partial charge is 0.455 e. The molecule has 10 aromatic carbocycles. The van der Waals surface area contributed by atoms with E-state index >= 15 is 0 Å². The number of benzene rings is 10. The highest BCUT2D eigenvalue weighted by atomic mass is 16.3. The zero-order valence-electron chi connectivity index (χ0n) is 35.1. The minimum absolute atomic E-state index is 0.540. The second-order valence-corrected chi connectivity index (χ2v) is 15.6. The van der Waals surface area contributed by atoms with Gasteiger partial charge in [-0.25, -0.2) is 0 Å². The maximum Gasteiger partial charge on any atom is 0.143 e. The average Bonchev–Trinajstić information content (AvgIpc) is 3.74.